The lowest BCUT2D eigenvalue weighted by Crippen LogP contribution is -2.21. The van der Waals surface area contributed by atoms with Gasteiger partial charge < -0.3 is 11.5 Å². The van der Waals surface area contributed by atoms with Gasteiger partial charge in [0, 0.05) is 25.0 Å². The zero-order valence-corrected chi connectivity index (χ0v) is 7.72. The van der Waals surface area contributed by atoms with Gasteiger partial charge in [0.1, 0.15) is 0 Å². The highest BCUT2D eigenvalue weighted by Crippen LogP contribution is 2.18. The summed E-state index contributed by atoms with van der Waals surface area (Å²) >= 11 is 0. The average Bonchev–Trinajstić information content (AvgIpc) is 2.27. The highest BCUT2D eigenvalue weighted by Gasteiger charge is 2.08. The summed E-state index contributed by atoms with van der Waals surface area (Å²) in [6, 6.07) is 5.60. The highest BCUT2D eigenvalue weighted by atomic mass is 14.8. The fraction of sp³-hybridized carbons (Fsp3) is 0.200. The summed E-state index contributed by atoms with van der Waals surface area (Å²) in [4.78, 5) is 8.45. The molecule has 0 unspecified atom stereocenters. The third-order valence-electron chi connectivity index (χ3n) is 2.18. The summed E-state index contributed by atoms with van der Waals surface area (Å²) in [5, 5.41) is 0. The van der Waals surface area contributed by atoms with E-state index >= 15 is 0 Å². The quantitative estimate of drug-likeness (QED) is 0.723. The predicted molar refractivity (Wildman–Crippen MR) is 55.5 cm³/mol. The smallest absolute Gasteiger partial charge is 0.0934 e. The minimum absolute atomic E-state index is 0.171. The SMILES string of the molecule is NC[C@@H](N)c1cccc2nccnc12. The molecule has 0 aliphatic heterocycles. The van der Waals surface area contributed by atoms with Crippen LogP contribution in [0.25, 0.3) is 11.0 Å². The first-order chi connectivity index (χ1) is 6.83. The molecule has 4 N–H and O–H groups in total. The van der Waals surface area contributed by atoms with Crippen molar-refractivity contribution in [2.24, 2.45) is 11.5 Å². The van der Waals surface area contributed by atoms with Crippen LogP contribution in [0.3, 0.4) is 0 Å². The first-order valence-corrected chi connectivity index (χ1v) is 4.48. The third kappa shape index (κ3) is 1.45. The van der Waals surface area contributed by atoms with Crippen molar-refractivity contribution in [1.29, 1.82) is 0 Å². The molecule has 0 saturated heterocycles. The first kappa shape index (κ1) is 9.05. The van der Waals surface area contributed by atoms with Gasteiger partial charge in [0.05, 0.1) is 11.0 Å². The van der Waals surface area contributed by atoms with Crippen molar-refractivity contribution in [2.75, 3.05) is 6.54 Å². The minimum atomic E-state index is -0.171. The van der Waals surface area contributed by atoms with E-state index in [2.05, 4.69) is 9.97 Å². The molecule has 72 valence electrons. The molecule has 1 atom stereocenters. The second-order valence-electron chi connectivity index (χ2n) is 3.11. The molecule has 0 aliphatic carbocycles. The number of fused-ring (bicyclic) bond motifs is 1. The summed E-state index contributed by atoms with van der Waals surface area (Å²) in [6.45, 7) is 0.412. The zero-order valence-electron chi connectivity index (χ0n) is 7.72. The molecule has 0 radical (unpaired) electrons. The van der Waals surface area contributed by atoms with E-state index in [9.17, 15) is 0 Å². The molecule has 4 nitrogen and oxygen atoms in total. The summed E-state index contributed by atoms with van der Waals surface area (Å²) in [5.41, 5.74) is 14.0. The van der Waals surface area contributed by atoms with Crippen molar-refractivity contribution >= 4 is 11.0 Å². The monoisotopic (exact) mass is 188 g/mol. The van der Waals surface area contributed by atoms with Gasteiger partial charge in [-0.1, -0.05) is 12.1 Å². The fourth-order valence-electron chi connectivity index (χ4n) is 1.44. The molecule has 1 aromatic carbocycles. The molecule has 4 heteroatoms. The van der Waals surface area contributed by atoms with Crippen LogP contribution in [0.2, 0.25) is 0 Å². The lowest BCUT2D eigenvalue weighted by atomic mass is 10.1. The Labute approximate surface area is 82.0 Å². The Hall–Kier alpha value is -1.52. The van der Waals surface area contributed by atoms with Crippen molar-refractivity contribution in [3.8, 4) is 0 Å². The van der Waals surface area contributed by atoms with Crippen LogP contribution >= 0.6 is 0 Å². The zero-order chi connectivity index (χ0) is 9.97. The number of hydrogen-bond donors (Lipinski definition) is 2. The van der Waals surface area contributed by atoms with E-state index < -0.39 is 0 Å². The van der Waals surface area contributed by atoms with Gasteiger partial charge in [0.25, 0.3) is 0 Å². The molecule has 1 heterocycles. The Morgan fingerprint density at radius 1 is 1.21 bits per heavy atom. The van der Waals surface area contributed by atoms with Gasteiger partial charge >= 0.3 is 0 Å². The number of nitrogens with zero attached hydrogens (tertiary/aromatic N) is 2. The highest BCUT2D eigenvalue weighted by molar-refractivity contribution is 5.78. The Morgan fingerprint density at radius 3 is 2.79 bits per heavy atom. The van der Waals surface area contributed by atoms with Crippen LogP contribution in [0, 0.1) is 0 Å². The van der Waals surface area contributed by atoms with Gasteiger partial charge in [-0.25, -0.2) is 0 Å². The maximum Gasteiger partial charge on any atom is 0.0934 e. The second kappa shape index (κ2) is 3.69. The molecular weight excluding hydrogens is 176 g/mol. The molecule has 0 saturated carbocycles. The van der Waals surface area contributed by atoms with E-state index in [-0.39, 0.29) is 6.04 Å². The van der Waals surface area contributed by atoms with Crippen LogP contribution in [0.1, 0.15) is 11.6 Å². The molecule has 0 fully saturated rings. The predicted octanol–water partition coefficient (Wildman–Crippen LogP) is 0.588. The third-order valence-corrected chi connectivity index (χ3v) is 2.18. The van der Waals surface area contributed by atoms with Gasteiger partial charge in [0.15, 0.2) is 0 Å². The van der Waals surface area contributed by atoms with Gasteiger partial charge in [-0.2, -0.15) is 0 Å². The van der Waals surface area contributed by atoms with E-state index in [0.29, 0.717) is 6.54 Å². The van der Waals surface area contributed by atoms with Crippen LogP contribution in [0.5, 0.6) is 0 Å². The maximum absolute atomic E-state index is 5.87. The maximum atomic E-state index is 5.87. The van der Waals surface area contributed by atoms with Gasteiger partial charge in [-0.3, -0.25) is 9.97 Å². The number of rotatable bonds is 2. The van der Waals surface area contributed by atoms with E-state index in [1.807, 2.05) is 18.2 Å². The van der Waals surface area contributed by atoms with E-state index in [0.717, 1.165) is 16.6 Å². The van der Waals surface area contributed by atoms with Crippen LogP contribution in [0.4, 0.5) is 0 Å². The Balaban J connectivity index is 2.65. The molecule has 0 aliphatic rings. The first-order valence-electron chi connectivity index (χ1n) is 4.48. The van der Waals surface area contributed by atoms with Crippen molar-refractivity contribution in [2.45, 2.75) is 6.04 Å². The number of hydrogen-bond acceptors (Lipinski definition) is 4. The molecule has 2 aromatic rings. The molecule has 14 heavy (non-hydrogen) atoms. The van der Waals surface area contributed by atoms with Crippen LogP contribution in [-0.2, 0) is 0 Å². The van der Waals surface area contributed by atoms with E-state index in [4.69, 9.17) is 11.5 Å². The van der Waals surface area contributed by atoms with E-state index in [1.54, 1.807) is 12.4 Å². The summed E-state index contributed by atoms with van der Waals surface area (Å²) < 4.78 is 0. The standard InChI is InChI=1S/C10H12N4/c11-6-8(12)7-2-1-3-9-10(7)14-5-4-13-9/h1-5,8H,6,11-12H2/t8-/m1/s1. The lowest BCUT2D eigenvalue weighted by molar-refractivity contribution is 0.741. The Bertz CT molecular complexity index is 436. The Morgan fingerprint density at radius 2 is 2.00 bits per heavy atom. The molecule has 0 amide bonds. The largest absolute Gasteiger partial charge is 0.329 e. The number of para-hydroxylation sites is 1. The van der Waals surface area contributed by atoms with E-state index in [1.165, 1.54) is 0 Å². The molecule has 0 spiro atoms. The number of nitrogens with two attached hydrogens (primary N) is 2. The van der Waals surface area contributed by atoms with Crippen molar-refractivity contribution < 1.29 is 0 Å². The van der Waals surface area contributed by atoms with Crippen molar-refractivity contribution in [3.05, 3.63) is 36.2 Å². The summed E-state index contributed by atoms with van der Waals surface area (Å²) in [7, 11) is 0. The molecule has 0 bridgehead atoms. The summed E-state index contributed by atoms with van der Waals surface area (Å²) in [5.74, 6) is 0. The molecule has 1 aromatic heterocycles. The van der Waals surface area contributed by atoms with Crippen molar-refractivity contribution in [1.82, 2.24) is 9.97 Å². The normalized spacial score (nSPS) is 13.0. The van der Waals surface area contributed by atoms with Crippen LogP contribution < -0.4 is 11.5 Å². The number of benzene rings is 1. The van der Waals surface area contributed by atoms with Crippen LogP contribution in [-0.4, -0.2) is 16.5 Å². The average molecular weight is 188 g/mol. The second-order valence-corrected chi connectivity index (χ2v) is 3.11. The fourth-order valence-corrected chi connectivity index (χ4v) is 1.44. The van der Waals surface area contributed by atoms with Gasteiger partial charge in [-0.05, 0) is 11.6 Å². The summed E-state index contributed by atoms with van der Waals surface area (Å²) in [6.07, 6.45) is 3.33. The topological polar surface area (TPSA) is 77.8 Å². The van der Waals surface area contributed by atoms with Crippen LogP contribution in [0.15, 0.2) is 30.6 Å². The van der Waals surface area contributed by atoms with Gasteiger partial charge in [0.2, 0.25) is 0 Å². The Kier molecular flexibility index (Phi) is 2.39. The molecular formula is C10H12N4. The van der Waals surface area contributed by atoms with Gasteiger partial charge in [-0.15, -0.1) is 0 Å². The number of aromatic nitrogens is 2. The van der Waals surface area contributed by atoms with Crippen molar-refractivity contribution in [3.63, 3.8) is 0 Å². The minimum Gasteiger partial charge on any atom is -0.329 e. The lowest BCUT2D eigenvalue weighted by Gasteiger charge is -2.10. The molecule has 2 rings (SSSR count).